The molecule has 1 spiro atoms. The number of nitrogens with zero attached hydrogens (tertiary/aromatic N) is 4. The Hall–Kier alpha value is -2.06. The van der Waals surface area contributed by atoms with E-state index in [9.17, 15) is 18.0 Å². The van der Waals surface area contributed by atoms with Crippen molar-refractivity contribution in [1.29, 1.82) is 0 Å². The van der Waals surface area contributed by atoms with Gasteiger partial charge in [-0.05, 0) is 33.6 Å². The summed E-state index contributed by atoms with van der Waals surface area (Å²) >= 11 is 0. The average Bonchev–Trinajstić information content (AvgIpc) is 3.24. The van der Waals surface area contributed by atoms with E-state index < -0.39 is 17.3 Å². The highest BCUT2D eigenvalue weighted by Crippen LogP contribution is 2.45. The molecule has 0 radical (unpaired) electrons. The minimum Gasteiger partial charge on any atom is -0.444 e. The van der Waals surface area contributed by atoms with Crippen LogP contribution in [-0.2, 0) is 10.9 Å². The van der Waals surface area contributed by atoms with Gasteiger partial charge in [0.05, 0.1) is 11.1 Å². The minimum absolute atomic E-state index is 0.253. The Morgan fingerprint density at radius 1 is 1.16 bits per heavy atom. The Labute approximate surface area is 144 Å². The van der Waals surface area contributed by atoms with Crippen LogP contribution in [0.25, 0.3) is 0 Å². The van der Waals surface area contributed by atoms with Crippen LogP contribution in [0.15, 0.2) is 12.4 Å². The van der Waals surface area contributed by atoms with E-state index in [1.54, 1.807) is 4.90 Å². The summed E-state index contributed by atoms with van der Waals surface area (Å²) in [4.78, 5) is 23.7. The van der Waals surface area contributed by atoms with Crippen molar-refractivity contribution in [1.82, 2.24) is 14.9 Å². The fourth-order valence-electron chi connectivity index (χ4n) is 2.95. The van der Waals surface area contributed by atoms with Crippen LogP contribution in [-0.4, -0.2) is 51.7 Å². The molecule has 138 valence electrons. The molecule has 0 atom stereocenters. The summed E-state index contributed by atoms with van der Waals surface area (Å²) in [6.07, 6.45) is -1.54. The summed E-state index contributed by atoms with van der Waals surface area (Å²) in [6, 6.07) is 0. The number of anilines is 1. The first-order valence-corrected chi connectivity index (χ1v) is 8.15. The smallest absolute Gasteiger partial charge is 0.419 e. The molecule has 2 heterocycles. The van der Waals surface area contributed by atoms with Crippen molar-refractivity contribution >= 4 is 12.0 Å². The summed E-state index contributed by atoms with van der Waals surface area (Å²) in [6.45, 7) is 6.83. The van der Waals surface area contributed by atoms with Gasteiger partial charge in [-0.1, -0.05) is 0 Å². The maximum absolute atomic E-state index is 12.6. The Bertz CT molecular complexity index is 651. The number of aromatic nitrogens is 2. The van der Waals surface area contributed by atoms with Gasteiger partial charge in [0.2, 0.25) is 5.95 Å². The molecular formula is C16H21F3N4O2. The van der Waals surface area contributed by atoms with Crippen molar-refractivity contribution in [3.8, 4) is 0 Å². The van der Waals surface area contributed by atoms with E-state index in [0.717, 1.165) is 25.2 Å². The molecule has 6 nitrogen and oxygen atoms in total. The van der Waals surface area contributed by atoms with Gasteiger partial charge in [0.15, 0.2) is 0 Å². The molecule has 1 aliphatic heterocycles. The summed E-state index contributed by atoms with van der Waals surface area (Å²) < 4.78 is 43.3. The summed E-state index contributed by atoms with van der Waals surface area (Å²) in [5.74, 6) is 0.253. The molecule has 0 bridgehead atoms. The number of ether oxygens (including phenoxy) is 1. The molecule has 2 fully saturated rings. The van der Waals surface area contributed by atoms with Gasteiger partial charge >= 0.3 is 12.3 Å². The number of hydrogen-bond donors (Lipinski definition) is 0. The molecule has 0 N–H and O–H groups in total. The molecule has 2 aliphatic rings. The monoisotopic (exact) mass is 358 g/mol. The van der Waals surface area contributed by atoms with Crippen molar-refractivity contribution in [2.24, 2.45) is 0 Å². The van der Waals surface area contributed by atoms with E-state index in [1.807, 2.05) is 25.7 Å². The lowest BCUT2D eigenvalue weighted by molar-refractivity contribution is -0.138. The van der Waals surface area contributed by atoms with Crippen molar-refractivity contribution in [3.05, 3.63) is 18.0 Å². The van der Waals surface area contributed by atoms with E-state index >= 15 is 0 Å². The lowest BCUT2D eigenvalue weighted by Crippen LogP contribution is -2.58. The highest BCUT2D eigenvalue weighted by Gasteiger charge is 2.54. The number of amides is 1. The van der Waals surface area contributed by atoms with Crippen molar-refractivity contribution in [2.45, 2.75) is 50.9 Å². The molecule has 0 aromatic carbocycles. The number of piperazine rings is 1. The van der Waals surface area contributed by atoms with Crippen molar-refractivity contribution < 1.29 is 22.7 Å². The zero-order valence-corrected chi connectivity index (χ0v) is 14.4. The molecule has 1 aliphatic carbocycles. The van der Waals surface area contributed by atoms with Gasteiger partial charge in [0, 0.05) is 32.0 Å². The Morgan fingerprint density at radius 2 is 1.76 bits per heavy atom. The predicted molar refractivity (Wildman–Crippen MR) is 84.2 cm³/mol. The summed E-state index contributed by atoms with van der Waals surface area (Å²) in [7, 11) is 0. The van der Waals surface area contributed by atoms with E-state index in [0.29, 0.717) is 19.6 Å². The summed E-state index contributed by atoms with van der Waals surface area (Å²) in [5, 5.41) is 0. The van der Waals surface area contributed by atoms with Crippen LogP contribution in [0.5, 0.6) is 0 Å². The first-order valence-electron chi connectivity index (χ1n) is 8.15. The van der Waals surface area contributed by atoms with Gasteiger partial charge in [-0.25, -0.2) is 14.8 Å². The second kappa shape index (κ2) is 5.74. The van der Waals surface area contributed by atoms with Crippen LogP contribution in [0.1, 0.15) is 39.2 Å². The standard InChI is InChI=1S/C16H21F3N4O2/c1-14(2,3)25-13(24)23-7-6-22(10-15(23)4-5-15)12-20-8-11(9-21-12)16(17,18)19/h8-9H,4-7,10H2,1-3H3. The summed E-state index contributed by atoms with van der Waals surface area (Å²) in [5.41, 5.74) is -1.77. The van der Waals surface area contributed by atoms with Crippen LogP contribution < -0.4 is 4.90 Å². The first-order chi connectivity index (χ1) is 11.5. The van der Waals surface area contributed by atoms with E-state index in [4.69, 9.17) is 4.74 Å². The molecule has 0 unspecified atom stereocenters. The van der Waals surface area contributed by atoms with Gasteiger partial charge in [-0.3, -0.25) is 4.90 Å². The SMILES string of the molecule is CC(C)(C)OC(=O)N1CCN(c2ncc(C(F)(F)F)cn2)CC12CC2. The molecule has 1 amide bonds. The number of carbonyl (C=O) groups is 1. The van der Waals surface area contributed by atoms with Gasteiger partial charge in [0.1, 0.15) is 5.60 Å². The highest BCUT2D eigenvalue weighted by atomic mass is 19.4. The molecule has 1 aromatic heterocycles. The average molecular weight is 358 g/mol. The van der Waals surface area contributed by atoms with E-state index in [2.05, 4.69) is 9.97 Å². The fourth-order valence-corrected chi connectivity index (χ4v) is 2.95. The molecule has 1 saturated carbocycles. The molecule has 1 aromatic rings. The predicted octanol–water partition coefficient (Wildman–Crippen LogP) is 3.09. The molecule has 9 heteroatoms. The third-order valence-corrected chi connectivity index (χ3v) is 4.34. The topological polar surface area (TPSA) is 58.6 Å². The Morgan fingerprint density at radius 3 is 2.24 bits per heavy atom. The fraction of sp³-hybridized carbons (Fsp3) is 0.688. The van der Waals surface area contributed by atoms with E-state index in [1.165, 1.54) is 0 Å². The van der Waals surface area contributed by atoms with E-state index in [-0.39, 0.29) is 17.6 Å². The first kappa shape index (κ1) is 17.8. The highest BCUT2D eigenvalue weighted by molar-refractivity contribution is 5.70. The van der Waals surface area contributed by atoms with Gasteiger partial charge in [-0.15, -0.1) is 0 Å². The molecule has 1 saturated heterocycles. The number of hydrogen-bond acceptors (Lipinski definition) is 5. The number of halogens is 3. The number of carbonyl (C=O) groups excluding carboxylic acids is 1. The third-order valence-electron chi connectivity index (χ3n) is 4.34. The van der Waals surface area contributed by atoms with Gasteiger partial charge in [-0.2, -0.15) is 13.2 Å². The minimum atomic E-state index is -4.45. The zero-order chi connectivity index (χ0) is 18.5. The third kappa shape index (κ3) is 3.80. The quantitative estimate of drug-likeness (QED) is 0.772. The molecule has 25 heavy (non-hydrogen) atoms. The largest absolute Gasteiger partial charge is 0.444 e. The Balaban J connectivity index is 1.70. The molecule has 3 rings (SSSR count). The second-order valence-corrected chi connectivity index (χ2v) is 7.55. The van der Waals surface area contributed by atoms with Crippen LogP contribution in [0, 0.1) is 0 Å². The maximum Gasteiger partial charge on any atom is 0.419 e. The van der Waals surface area contributed by atoms with Crippen molar-refractivity contribution in [2.75, 3.05) is 24.5 Å². The van der Waals surface area contributed by atoms with Crippen LogP contribution in [0.3, 0.4) is 0 Å². The number of rotatable bonds is 1. The lowest BCUT2D eigenvalue weighted by atomic mass is 10.1. The van der Waals surface area contributed by atoms with Crippen molar-refractivity contribution in [3.63, 3.8) is 0 Å². The number of alkyl halides is 3. The van der Waals surface area contributed by atoms with Crippen LogP contribution in [0.4, 0.5) is 23.9 Å². The second-order valence-electron chi connectivity index (χ2n) is 7.55. The molecular weight excluding hydrogens is 337 g/mol. The van der Waals surface area contributed by atoms with Gasteiger partial charge < -0.3 is 9.64 Å². The normalized spacial score (nSPS) is 19.9. The zero-order valence-electron chi connectivity index (χ0n) is 14.4. The Kier molecular flexibility index (Phi) is 4.08. The van der Waals surface area contributed by atoms with Crippen LogP contribution in [0.2, 0.25) is 0 Å². The van der Waals surface area contributed by atoms with Gasteiger partial charge in [0.25, 0.3) is 0 Å². The maximum atomic E-state index is 12.6. The van der Waals surface area contributed by atoms with Crippen LogP contribution >= 0.6 is 0 Å². The lowest BCUT2D eigenvalue weighted by Gasteiger charge is -2.42.